The van der Waals surface area contributed by atoms with Gasteiger partial charge in [-0.15, -0.1) is 0 Å². The van der Waals surface area contributed by atoms with Crippen LogP contribution in [0.4, 0.5) is 21.8 Å². The van der Waals surface area contributed by atoms with Crippen molar-refractivity contribution >= 4 is 28.2 Å². The van der Waals surface area contributed by atoms with Crippen LogP contribution in [0.3, 0.4) is 0 Å². The number of fused-ring (bicyclic) bond motifs is 4. The summed E-state index contributed by atoms with van der Waals surface area (Å²) in [4.78, 5) is 18.2. The fourth-order valence-electron chi connectivity index (χ4n) is 5.57. The predicted octanol–water partition coefficient (Wildman–Crippen LogP) is 4.67. The SMILES string of the molecule is Cc1c(-c2cc3cc(Nc4cc5n(n4)Cc4nccn4CC5)ncc3c(N)n2)cnc2c1[C@H](F)CCC2. The van der Waals surface area contributed by atoms with Crippen molar-refractivity contribution in [1.82, 2.24) is 34.3 Å². The molecule has 0 bridgehead atoms. The molecular formula is C27H26FN9. The van der Waals surface area contributed by atoms with Gasteiger partial charge in [0.2, 0.25) is 0 Å². The number of nitrogens with one attached hydrogen (secondary N) is 1. The van der Waals surface area contributed by atoms with E-state index in [2.05, 4.69) is 35.9 Å². The second kappa shape index (κ2) is 8.36. The van der Waals surface area contributed by atoms with Gasteiger partial charge in [-0.05, 0) is 49.3 Å². The van der Waals surface area contributed by atoms with Crippen LogP contribution in [0, 0.1) is 6.92 Å². The number of rotatable bonds is 3. The van der Waals surface area contributed by atoms with E-state index in [1.807, 2.05) is 36.1 Å². The molecule has 0 unspecified atom stereocenters. The Morgan fingerprint density at radius 1 is 1.08 bits per heavy atom. The van der Waals surface area contributed by atoms with Gasteiger partial charge in [0.1, 0.15) is 23.6 Å². The monoisotopic (exact) mass is 495 g/mol. The van der Waals surface area contributed by atoms with Gasteiger partial charge in [0.05, 0.1) is 12.2 Å². The predicted molar refractivity (Wildman–Crippen MR) is 139 cm³/mol. The van der Waals surface area contributed by atoms with E-state index in [1.165, 1.54) is 0 Å². The number of pyridine rings is 3. The number of nitrogen functional groups attached to an aromatic ring is 1. The molecule has 0 saturated carbocycles. The van der Waals surface area contributed by atoms with Crippen molar-refractivity contribution in [3.8, 4) is 11.3 Å². The molecule has 186 valence electrons. The molecule has 1 aliphatic heterocycles. The van der Waals surface area contributed by atoms with Crippen molar-refractivity contribution in [1.29, 1.82) is 0 Å². The van der Waals surface area contributed by atoms with Crippen molar-refractivity contribution in [3.05, 3.63) is 71.3 Å². The maximum Gasteiger partial charge on any atom is 0.153 e. The van der Waals surface area contributed by atoms with Gasteiger partial charge in [0.15, 0.2) is 5.82 Å². The first-order valence-corrected chi connectivity index (χ1v) is 12.6. The standard InChI is InChI=1S/C27H26FN9/c1-15-18(12-31-21-4-2-3-20(28)26(15)21)22-9-16-10-23(32-13-19(16)27(29)33-22)34-24-11-17-5-7-36-8-6-30-25(36)14-37(17)35-24/h6,8-13,20H,2-5,7,14H2,1H3,(H2,29,33)(H,32,34,35)/t20-/m1/s1. The summed E-state index contributed by atoms with van der Waals surface area (Å²) in [6, 6.07) is 5.96. The van der Waals surface area contributed by atoms with E-state index in [9.17, 15) is 4.39 Å². The molecule has 0 saturated heterocycles. The summed E-state index contributed by atoms with van der Waals surface area (Å²) < 4.78 is 18.9. The van der Waals surface area contributed by atoms with Crippen LogP contribution in [0.1, 0.15) is 47.4 Å². The fourth-order valence-corrected chi connectivity index (χ4v) is 5.57. The number of imidazole rings is 1. The Bertz CT molecular complexity index is 1670. The minimum Gasteiger partial charge on any atom is -0.383 e. The molecular weight excluding hydrogens is 469 g/mol. The molecule has 1 aliphatic carbocycles. The van der Waals surface area contributed by atoms with Crippen LogP contribution in [0.15, 0.2) is 43.0 Å². The highest BCUT2D eigenvalue weighted by Gasteiger charge is 2.25. The Labute approximate surface area is 212 Å². The van der Waals surface area contributed by atoms with Gasteiger partial charge in [0.25, 0.3) is 0 Å². The summed E-state index contributed by atoms with van der Waals surface area (Å²) in [5.41, 5.74) is 11.4. The smallest absolute Gasteiger partial charge is 0.153 e. The average molecular weight is 496 g/mol. The second-order valence-electron chi connectivity index (χ2n) is 9.79. The molecule has 2 aliphatic rings. The Morgan fingerprint density at radius 2 is 2.00 bits per heavy atom. The highest BCUT2D eigenvalue weighted by Crippen LogP contribution is 2.38. The van der Waals surface area contributed by atoms with Crippen LogP contribution in [-0.4, -0.2) is 34.3 Å². The van der Waals surface area contributed by atoms with Gasteiger partial charge in [-0.3, -0.25) is 9.67 Å². The molecule has 6 heterocycles. The van der Waals surface area contributed by atoms with Crippen LogP contribution in [-0.2, 0) is 25.9 Å². The fraction of sp³-hybridized carbons (Fsp3) is 0.296. The lowest BCUT2D eigenvalue weighted by Crippen LogP contribution is -2.11. The van der Waals surface area contributed by atoms with Crippen LogP contribution in [0.25, 0.3) is 22.0 Å². The summed E-state index contributed by atoms with van der Waals surface area (Å²) in [6.45, 7) is 3.46. The van der Waals surface area contributed by atoms with E-state index in [-0.39, 0.29) is 0 Å². The third-order valence-corrected chi connectivity index (χ3v) is 7.49. The molecule has 7 rings (SSSR count). The minimum atomic E-state index is -0.987. The Hall–Kier alpha value is -4.34. The van der Waals surface area contributed by atoms with Gasteiger partial charge in [0, 0.05) is 71.7 Å². The van der Waals surface area contributed by atoms with E-state index in [0.29, 0.717) is 35.9 Å². The Morgan fingerprint density at radius 3 is 2.92 bits per heavy atom. The van der Waals surface area contributed by atoms with E-state index in [4.69, 9.17) is 10.8 Å². The van der Waals surface area contributed by atoms with Crippen LogP contribution >= 0.6 is 0 Å². The molecule has 5 aromatic heterocycles. The number of aromatic nitrogens is 7. The summed E-state index contributed by atoms with van der Waals surface area (Å²) in [6.07, 6.45) is 9.41. The van der Waals surface area contributed by atoms with Gasteiger partial charge in [-0.2, -0.15) is 5.10 Å². The molecule has 5 aromatic rings. The van der Waals surface area contributed by atoms with Crippen LogP contribution in [0.5, 0.6) is 0 Å². The van der Waals surface area contributed by atoms with Gasteiger partial charge in [-0.1, -0.05) is 0 Å². The molecule has 37 heavy (non-hydrogen) atoms. The molecule has 0 fully saturated rings. The lowest BCUT2D eigenvalue weighted by molar-refractivity contribution is 0.299. The Kier molecular flexibility index (Phi) is 4.95. The summed E-state index contributed by atoms with van der Waals surface area (Å²) in [5.74, 6) is 2.76. The molecule has 10 heteroatoms. The molecule has 1 atom stereocenters. The number of nitrogens with two attached hydrogens (primary N) is 1. The third kappa shape index (κ3) is 3.71. The largest absolute Gasteiger partial charge is 0.383 e. The van der Waals surface area contributed by atoms with Crippen LogP contribution < -0.4 is 11.1 Å². The minimum absolute atomic E-state index is 0.379. The highest BCUT2D eigenvalue weighted by molar-refractivity contribution is 5.94. The summed E-state index contributed by atoms with van der Waals surface area (Å²) >= 11 is 0. The lowest BCUT2D eigenvalue weighted by Gasteiger charge is -2.22. The zero-order valence-corrected chi connectivity index (χ0v) is 20.4. The van der Waals surface area contributed by atoms with E-state index < -0.39 is 6.17 Å². The highest BCUT2D eigenvalue weighted by atomic mass is 19.1. The number of hydrogen-bond acceptors (Lipinski definition) is 7. The van der Waals surface area contributed by atoms with Crippen molar-refractivity contribution < 1.29 is 4.39 Å². The van der Waals surface area contributed by atoms with Crippen molar-refractivity contribution in [2.45, 2.75) is 51.9 Å². The average Bonchev–Trinajstić information content (AvgIpc) is 3.45. The molecule has 0 amide bonds. The lowest BCUT2D eigenvalue weighted by atomic mass is 9.88. The topological polar surface area (TPSA) is 112 Å². The number of anilines is 3. The molecule has 9 nitrogen and oxygen atoms in total. The van der Waals surface area contributed by atoms with E-state index in [0.717, 1.165) is 70.7 Å². The first-order valence-electron chi connectivity index (χ1n) is 12.6. The van der Waals surface area contributed by atoms with Crippen molar-refractivity contribution in [2.75, 3.05) is 11.1 Å². The first-order chi connectivity index (χ1) is 18.0. The third-order valence-electron chi connectivity index (χ3n) is 7.49. The zero-order chi connectivity index (χ0) is 25.1. The molecule has 3 N–H and O–H groups in total. The van der Waals surface area contributed by atoms with Crippen molar-refractivity contribution in [3.63, 3.8) is 0 Å². The maximum absolute atomic E-state index is 14.8. The van der Waals surface area contributed by atoms with Crippen LogP contribution in [0.2, 0.25) is 0 Å². The van der Waals surface area contributed by atoms with Crippen molar-refractivity contribution in [2.24, 2.45) is 0 Å². The second-order valence-corrected chi connectivity index (χ2v) is 9.79. The molecule has 0 spiro atoms. The first kappa shape index (κ1) is 21.9. The molecule has 0 aromatic carbocycles. The summed E-state index contributed by atoms with van der Waals surface area (Å²) in [5, 5.41) is 9.72. The number of alkyl halides is 1. The quantitative estimate of drug-likeness (QED) is 0.374. The summed E-state index contributed by atoms with van der Waals surface area (Å²) in [7, 11) is 0. The number of halogens is 1. The maximum atomic E-state index is 14.8. The van der Waals surface area contributed by atoms with E-state index >= 15 is 0 Å². The van der Waals surface area contributed by atoms with E-state index in [1.54, 1.807) is 12.4 Å². The number of aryl methyl sites for hydroxylation is 3. The zero-order valence-electron chi connectivity index (χ0n) is 20.4. The molecule has 0 radical (unpaired) electrons. The van der Waals surface area contributed by atoms with Gasteiger partial charge < -0.3 is 15.6 Å². The van der Waals surface area contributed by atoms with Gasteiger partial charge >= 0.3 is 0 Å². The number of nitrogens with zero attached hydrogens (tertiary/aromatic N) is 7. The Balaban J connectivity index is 1.22. The normalized spacial score (nSPS) is 16.6. The number of hydrogen-bond donors (Lipinski definition) is 2. The van der Waals surface area contributed by atoms with Gasteiger partial charge in [-0.25, -0.2) is 19.3 Å².